The average Bonchev–Trinajstić information content (AvgIpc) is 2.80. The van der Waals surface area contributed by atoms with Crippen molar-refractivity contribution in [2.75, 3.05) is 17.2 Å². The van der Waals surface area contributed by atoms with Crippen LogP contribution in [0.2, 0.25) is 5.02 Å². The standard InChI is InChI=1S/C25H23ClN4O4/c1-16-6-9-19(10-7-16)28-23(31)15-34-22-11-8-18(13-21(22)26)14-27-30-25(33)24(32)29-20-5-3-4-17(2)12-20/h3-14H,15H2,1-2H3,(H,28,31)(H,29,32)(H,30,33)/b27-14-. The van der Waals surface area contributed by atoms with E-state index in [-0.39, 0.29) is 17.5 Å². The SMILES string of the molecule is Cc1ccc(NC(=O)COc2ccc(/C=N\NC(=O)C(=O)Nc3cccc(C)c3)cc2Cl)cc1. The number of carbonyl (C=O) groups is 3. The zero-order valence-corrected chi connectivity index (χ0v) is 19.3. The third kappa shape index (κ3) is 7.46. The number of nitrogens with one attached hydrogen (secondary N) is 3. The van der Waals surface area contributed by atoms with Crippen molar-refractivity contribution in [2.45, 2.75) is 13.8 Å². The van der Waals surface area contributed by atoms with Crippen molar-refractivity contribution >= 4 is 46.9 Å². The van der Waals surface area contributed by atoms with Gasteiger partial charge >= 0.3 is 11.8 Å². The first-order valence-corrected chi connectivity index (χ1v) is 10.7. The number of hydrogen-bond acceptors (Lipinski definition) is 5. The molecule has 0 aliphatic rings. The minimum Gasteiger partial charge on any atom is -0.482 e. The number of hydrazone groups is 1. The maximum Gasteiger partial charge on any atom is 0.329 e. The molecule has 34 heavy (non-hydrogen) atoms. The molecule has 0 spiro atoms. The third-order valence-corrected chi connectivity index (χ3v) is 4.81. The van der Waals surface area contributed by atoms with Crippen LogP contribution in [0.5, 0.6) is 5.75 Å². The lowest BCUT2D eigenvalue weighted by molar-refractivity contribution is -0.136. The number of carbonyl (C=O) groups excluding carboxylic acids is 3. The van der Waals surface area contributed by atoms with Gasteiger partial charge in [0.05, 0.1) is 11.2 Å². The number of nitrogens with zero attached hydrogens (tertiary/aromatic N) is 1. The monoisotopic (exact) mass is 478 g/mol. The van der Waals surface area contributed by atoms with E-state index in [1.54, 1.807) is 48.5 Å². The molecule has 174 valence electrons. The summed E-state index contributed by atoms with van der Waals surface area (Å²) < 4.78 is 5.48. The van der Waals surface area contributed by atoms with E-state index in [4.69, 9.17) is 16.3 Å². The topological polar surface area (TPSA) is 109 Å². The van der Waals surface area contributed by atoms with Gasteiger partial charge in [0.15, 0.2) is 6.61 Å². The Morgan fingerprint density at radius 3 is 2.35 bits per heavy atom. The van der Waals surface area contributed by atoms with Crippen LogP contribution in [0.3, 0.4) is 0 Å². The summed E-state index contributed by atoms with van der Waals surface area (Å²) in [6, 6.07) is 19.2. The van der Waals surface area contributed by atoms with Crippen LogP contribution in [0.25, 0.3) is 0 Å². The Bertz CT molecular complexity index is 1230. The lowest BCUT2D eigenvalue weighted by Crippen LogP contribution is -2.32. The molecule has 0 bridgehead atoms. The van der Waals surface area contributed by atoms with Crippen molar-refractivity contribution in [3.8, 4) is 5.75 Å². The van der Waals surface area contributed by atoms with Crippen molar-refractivity contribution in [1.82, 2.24) is 5.43 Å². The maximum absolute atomic E-state index is 12.1. The first kappa shape index (κ1) is 24.5. The fourth-order valence-electron chi connectivity index (χ4n) is 2.82. The number of aryl methyl sites for hydroxylation is 2. The number of ether oxygens (including phenoxy) is 1. The van der Waals surface area contributed by atoms with Crippen LogP contribution in [0.4, 0.5) is 11.4 Å². The first-order chi connectivity index (χ1) is 16.3. The minimum absolute atomic E-state index is 0.215. The molecule has 3 N–H and O–H groups in total. The van der Waals surface area contributed by atoms with E-state index in [0.29, 0.717) is 22.7 Å². The van der Waals surface area contributed by atoms with Gasteiger partial charge in [-0.2, -0.15) is 5.10 Å². The molecule has 3 rings (SSSR count). The highest BCUT2D eigenvalue weighted by molar-refractivity contribution is 6.39. The highest BCUT2D eigenvalue weighted by Gasteiger charge is 2.13. The molecular weight excluding hydrogens is 456 g/mol. The van der Waals surface area contributed by atoms with Gasteiger partial charge in [0.2, 0.25) is 0 Å². The lowest BCUT2D eigenvalue weighted by atomic mass is 10.2. The van der Waals surface area contributed by atoms with Crippen molar-refractivity contribution < 1.29 is 19.1 Å². The normalized spacial score (nSPS) is 10.6. The molecule has 0 aromatic heterocycles. The number of amides is 3. The van der Waals surface area contributed by atoms with Crippen molar-refractivity contribution in [3.63, 3.8) is 0 Å². The summed E-state index contributed by atoms with van der Waals surface area (Å²) in [5.74, 6) is -1.76. The van der Waals surface area contributed by atoms with Gasteiger partial charge in [-0.3, -0.25) is 14.4 Å². The second-order valence-corrected chi connectivity index (χ2v) is 7.82. The van der Waals surface area contributed by atoms with Crippen molar-refractivity contribution in [2.24, 2.45) is 5.10 Å². The third-order valence-electron chi connectivity index (χ3n) is 4.51. The Labute approximate surface area is 202 Å². The zero-order chi connectivity index (χ0) is 24.5. The lowest BCUT2D eigenvalue weighted by Gasteiger charge is -2.09. The van der Waals surface area contributed by atoms with Gasteiger partial charge in [-0.1, -0.05) is 41.4 Å². The van der Waals surface area contributed by atoms with Crippen LogP contribution in [-0.2, 0) is 14.4 Å². The molecular formula is C25H23ClN4O4. The largest absolute Gasteiger partial charge is 0.482 e. The minimum atomic E-state index is -0.914. The van der Waals surface area contributed by atoms with Gasteiger partial charge in [-0.25, -0.2) is 5.43 Å². The quantitative estimate of drug-likeness (QED) is 0.270. The number of anilines is 2. The van der Waals surface area contributed by atoms with E-state index < -0.39 is 11.8 Å². The van der Waals surface area contributed by atoms with Crippen molar-refractivity contribution in [1.29, 1.82) is 0 Å². The predicted octanol–water partition coefficient (Wildman–Crippen LogP) is 4.06. The molecule has 0 unspecified atom stereocenters. The summed E-state index contributed by atoms with van der Waals surface area (Å²) in [6.07, 6.45) is 1.33. The van der Waals surface area contributed by atoms with E-state index in [1.165, 1.54) is 6.21 Å². The van der Waals surface area contributed by atoms with Crippen LogP contribution >= 0.6 is 11.6 Å². The second kappa shape index (κ2) is 11.6. The number of rotatable bonds is 7. The number of halogens is 1. The van der Waals surface area contributed by atoms with E-state index in [2.05, 4.69) is 21.2 Å². The molecule has 9 heteroatoms. The molecule has 0 aliphatic heterocycles. The van der Waals surface area contributed by atoms with Crippen molar-refractivity contribution in [3.05, 3.63) is 88.4 Å². The Morgan fingerprint density at radius 2 is 1.65 bits per heavy atom. The summed E-state index contributed by atoms with van der Waals surface area (Å²) in [5.41, 5.74) is 5.94. The first-order valence-electron chi connectivity index (χ1n) is 10.3. The van der Waals surface area contributed by atoms with E-state index >= 15 is 0 Å². The molecule has 0 radical (unpaired) electrons. The number of hydrogen-bond donors (Lipinski definition) is 3. The fraction of sp³-hybridized carbons (Fsp3) is 0.120. The van der Waals surface area contributed by atoms with Gasteiger partial charge in [0.1, 0.15) is 5.75 Å². The average molecular weight is 479 g/mol. The molecule has 3 aromatic rings. The van der Waals surface area contributed by atoms with E-state index in [1.807, 2.05) is 32.0 Å². The Kier molecular flexibility index (Phi) is 8.37. The molecule has 3 amide bonds. The van der Waals surface area contributed by atoms with Gasteiger partial charge in [-0.05, 0) is 67.4 Å². The van der Waals surface area contributed by atoms with Crippen LogP contribution in [0.15, 0.2) is 71.8 Å². The van der Waals surface area contributed by atoms with E-state index in [0.717, 1.165) is 11.1 Å². The molecule has 0 aliphatic carbocycles. The summed E-state index contributed by atoms with van der Waals surface area (Å²) in [4.78, 5) is 35.9. The Balaban J connectivity index is 1.48. The highest BCUT2D eigenvalue weighted by Crippen LogP contribution is 2.25. The summed E-state index contributed by atoms with van der Waals surface area (Å²) in [7, 11) is 0. The van der Waals surface area contributed by atoms with Crippen LogP contribution in [-0.4, -0.2) is 30.5 Å². The fourth-order valence-corrected chi connectivity index (χ4v) is 3.06. The molecule has 8 nitrogen and oxygen atoms in total. The summed E-state index contributed by atoms with van der Waals surface area (Å²) >= 11 is 6.22. The summed E-state index contributed by atoms with van der Waals surface area (Å²) in [5, 5.41) is 9.26. The van der Waals surface area contributed by atoms with Gasteiger partial charge < -0.3 is 15.4 Å². The molecule has 0 heterocycles. The predicted molar refractivity (Wildman–Crippen MR) is 132 cm³/mol. The molecule has 0 saturated carbocycles. The smallest absolute Gasteiger partial charge is 0.329 e. The Hall–Kier alpha value is -4.17. The summed E-state index contributed by atoms with van der Waals surface area (Å²) in [6.45, 7) is 3.62. The van der Waals surface area contributed by atoms with Gasteiger partial charge in [-0.15, -0.1) is 0 Å². The Morgan fingerprint density at radius 1 is 0.882 bits per heavy atom. The van der Waals surface area contributed by atoms with Crippen LogP contribution in [0.1, 0.15) is 16.7 Å². The van der Waals surface area contributed by atoms with Gasteiger partial charge in [0.25, 0.3) is 5.91 Å². The van der Waals surface area contributed by atoms with Gasteiger partial charge in [0, 0.05) is 11.4 Å². The highest BCUT2D eigenvalue weighted by atomic mass is 35.5. The molecule has 0 atom stereocenters. The number of benzene rings is 3. The zero-order valence-electron chi connectivity index (χ0n) is 18.6. The van der Waals surface area contributed by atoms with Crippen LogP contribution in [0, 0.1) is 13.8 Å². The molecule has 0 fully saturated rings. The molecule has 0 saturated heterocycles. The second-order valence-electron chi connectivity index (χ2n) is 7.42. The van der Waals surface area contributed by atoms with Crippen LogP contribution < -0.4 is 20.8 Å². The molecule has 3 aromatic carbocycles. The maximum atomic E-state index is 12.1. The van der Waals surface area contributed by atoms with E-state index in [9.17, 15) is 14.4 Å².